The van der Waals surface area contributed by atoms with E-state index in [1.54, 1.807) is 42.5 Å². The van der Waals surface area contributed by atoms with E-state index in [0.29, 0.717) is 86.0 Å². The molecule has 0 aliphatic heterocycles. The minimum Gasteiger partial charge on any atom is -0.381 e. The summed E-state index contributed by atoms with van der Waals surface area (Å²) in [6.45, 7) is 18.9. The second-order valence-electron chi connectivity index (χ2n) is 29.5. The van der Waals surface area contributed by atoms with Crippen LogP contribution in [-0.4, -0.2) is 64.3 Å². The number of halogens is 12. The molecular formula is C99H95F12Ir5N6O-5. The molecule has 7 nitrogen and oxygen atoms in total. The van der Waals surface area contributed by atoms with Crippen molar-refractivity contribution < 1.29 is 158 Å². The van der Waals surface area contributed by atoms with Crippen molar-refractivity contribution in [3.8, 4) is 62.4 Å². The van der Waals surface area contributed by atoms with Crippen LogP contribution in [0.2, 0.25) is 0 Å². The van der Waals surface area contributed by atoms with E-state index in [2.05, 4.69) is 142 Å². The molecule has 0 saturated heterocycles. The largest absolute Gasteiger partial charge is 0.389 e. The summed E-state index contributed by atoms with van der Waals surface area (Å²) in [7, 11) is 0. The number of aromatic nitrogens is 5. The van der Waals surface area contributed by atoms with Crippen LogP contribution in [0.5, 0.6) is 0 Å². The summed E-state index contributed by atoms with van der Waals surface area (Å²) in [6, 6.07) is 73.3. The Balaban J connectivity index is 0.000000320. The Morgan fingerprint density at radius 2 is 0.919 bits per heavy atom. The van der Waals surface area contributed by atoms with Gasteiger partial charge in [0.2, 0.25) is 0 Å². The number of ether oxygens (including phenoxy) is 1. The number of hydrogen-bond acceptors (Lipinski definition) is 7. The van der Waals surface area contributed by atoms with Crippen molar-refractivity contribution in [1.29, 1.82) is 5.26 Å². The number of nitriles is 1. The van der Waals surface area contributed by atoms with E-state index < -0.39 is 68.0 Å². The Morgan fingerprint density at radius 3 is 1.48 bits per heavy atom. The van der Waals surface area contributed by atoms with Crippen LogP contribution in [0.3, 0.4) is 0 Å². The van der Waals surface area contributed by atoms with Gasteiger partial charge in [-0.05, 0) is 148 Å². The first-order chi connectivity index (χ1) is 56.6. The zero-order chi connectivity index (χ0) is 85.1. The molecule has 0 aliphatic rings. The standard InChI is InChI=1S/C21H16F6N.C20H23N2.C20H26NO.C19H14F4N.C19H16F2N.5Ir/c1-2-16-12-13-5-3-4-6-17(13)19(28-16)15-7-8-18(21(25,26)27)14(11-15)9-10-20(22,23)24;1-5-15-11-16(14-21)13-17(12-15)19-8-6-7-18(22-19)9-10-20(2,3)4;1-4-16(3)15-22-13-12-19-10-7-11-20(21-19)18-9-6-8-17(5-2)14-18;20-9-7-12-11-13(5-6-16(12)22)19-15-4-2-1-3-14(15)18(23)17(24-19)8-10-21;1-2-17-18(21)15-8-3-4-9-16(15)19(22-17)14-7-5-6-13(12-14)10-11-20;;;;;/h3-8,12H,2,9-10H2,1H3;6-8,11,13H,5,9-10H2,1-4H3;6-11,16H,4-5,12-13,15H2,1-3H3;1-6H,7-10H2;3-9H,2,10-11H2,1H3;;;;;/q5*-1;;;;;. The molecule has 13 rings (SSSR count). The number of benzene rings is 8. The maximum absolute atomic E-state index is 14.5. The predicted octanol–water partition coefficient (Wildman–Crippen LogP) is 26.4. The molecule has 0 amide bonds. The molecule has 661 valence electrons. The number of nitrogens with zero attached hydrogens (tertiary/aromatic N) is 6. The molecule has 0 N–H and O–H groups in total. The van der Waals surface area contributed by atoms with Gasteiger partial charge >= 0.3 is 12.4 Å². The average Bonchev–Trinajstić information content (AvgIpc) is 0.785. The van der Waals surface area contributed by atoms with Crippen molar-refractivity contribution in [2.75, 3.05) is 33.2 Å². The molecule has 13 aromatic rings. The van der Waals surface area contributed by atoms with Crippen LogP contribution in [-0.2, 0) is 176 Å². The molecule has 0 fully saturated rings. The maximum Gasteiger partial charge on any atom is 0.389 e. The number of pyridine rings is 5. The SMILES string of the molecule is CCc1[c-]c(-c2cccc(CCC(C)(C)C)n2)cc(C#N)c1.CCc1[c-]c(-c2cccc(CCOCC(C)CC)n2)ccc1.CCc1cc2ccccc2c(-c2[c-]c(CCC(F)(F)F)c(C(F)(F)F)cc2)n1.CCc1nc(-c2[c-]c(CCF)ccc2)c2ccccc2c1F.FCCc1[c-]c(-c2nc(CCF)c(F)c3ccccc23)ccc1F.[Ir].[Ir].[Ir].[Ir].[Ir]. The van der Waals surface area contributed by atoms with Crippen molar-refractivity contribution in [2.45, 2.75) is 158 Å². The van der Waals surface area contributed by atoms with Crippen molar-refractivity contribution in [3.63, 3.8) is 0 Å². The zero-order valence-corrected chi connectivity index (χ0v) is 81.5. The van der Waals surface area contributed by atoms with Gasteiger partial charge in [0.05, 0.1) is 44.1 Å². The van der Waals surface area contributed by atoms with E-state index in [0.717, 1.165) is 125 Å². The summed E-state index contributed by atoms with van der Waals surface area (Å²) in [4.78, 5) is 22.7. The summed E-state index contributed by atoms with van der Waals surface area (Å²) in [5.41, 5.74) is 12.8. The Morgan fingerprint density at radius 1 is 0.415 bits per heavy atom. The first-order valence-corrected chi connectivity index (χ1v) is 39.7. The minimum absolute atomic E-state index is 0. The van der Waals surface area contributed by atoms with E-state index in [1.165, 1.54) is 23.8 Å². The number of alkyl halides is 9. The summed E-state index contributed by atoms with van der Waals surface area (Å²) >= 11 is 0. The molecule has 5 heterocycles. The average molecular weight is 2570 g/mol. The Hall–Kier alpha value is -7.85. The third-order valence-corrected chi connectivity index (χ3v) is 19.5. The van der Waals surface area contributed by atoms with Gasteiger partial charge in [0.1, 0.15) is 0 Å². The zero-order valence-electron chi connectivity index (χ0n) is 69.5. The molecule has 0 bridgehead atoms. The van der Waals surface area contributed by atoms with Crippen LogP contribution in [0.1, 0.15) is 149 Å². The summed E-state index contributed by atoms with van der Waals surface area (Å²) in [5.74, 6) is -0.739. The van der Waals surface area contributed by atoms with Crippen molar-refractivity contribution in [1.82, 2.24) is 24.9 Å². The molecular weight excluding hydrogens is 2480 g/mol. The maximum atomic E-state index is 14.5. The molecule has 0 spiro atoms. The topological polar surface area (TPSA) is 97.5 Å². The van der Waals surface area contributed by atoms with Crippen molar-refractivity contribution >= 4 is 32.3 Å². The van der Waals surface area contributed by atoms with Crippen molar-refractivity contribution in [2.24, 2.45) is 11.3 Å². The Kier molecular flexibility index (Phi) is 45.7. The normalized spacial score (nSPS) is 11.2. The quantitative estimate of drug-likeness (QED) is 0.0319. The second kappa shape index (κ2) is 52.3. The molecule has 0 saturated carbocycles. The molecule has 5 radical (unpaired) electrons. The molecule has 5 aromatic heterocycles. The fraction of sp³-hybridized carbons (Fsp3) is 0.313. The van der Waals surface area contributed by atoms with Crippen LogP contribution in [0.15, 0.2) is 188 Å². The molecule has 24 heteroatoms. The molecule has 123 heavy (non-hydrogen) atoms. The number of rotatable bonds is 25. The van der Waals surface area contributed by atoms with Crippen LogP contribution in [0.4, 0.5) is 52.7 Å². The number of aryl methyl sites for hydroxylation is 9. The summed E-state index contributed by atoms with van der Waals surface area (Å²) in [5, 5.41) is 12.9. The van der Waals surface area contributed by atoms with E-state index in [4.69, 9.17) is 14.7 Å². The van der Waals surface area contributed by atoms with E-state index in [9.17, 15) is 57.9 Å². The van der Waals surface area contributed by atoms with Gasteiger partial charge in [-0.3, -0.25) is 27.5 Å². The van der Waals surface area contributed by atoms with Gasteiger partial charge in [0.25, 0.3) is 0 Å². The third-order valence-electron chi connectivity index (χ3n) is 19.5. The second-order valence-corrected chi connectivity index (χ2v) is 29.5. The summed E-state index contributed by atoms with van der Waals surface area (Å²) < 4.78 is 164. The summed E-state index contributed by atoms with van der Waals surface area (Å²) in [6.07, 6.45) is -4.29. The van der Waals surface area contributed by atoms with E-state index >= 15 is 0 Å². The van der Waals surface area contributed by atoms with Gasteiger partial charge in [0, 0.05) is 160 Å². The van der Waals surface area contributed by atoms with Crippen LogP contribution in [0.25, 0.3) is 88.6 Å². The van der Waals surface area contributed by atoms with Crippen LogP contribution in [0, 0.1) is 70.4 Å². The number of hydrogen-bond donors (Lipinski definition) is 0. The van der Waals surface area contributed by atoms with Gasteiger partial charge in [-0.15, -0.1) is 153 Å². The van der Waals surface area contributed by atoms with Crippen molar-refractivity contribution in [3.05, 3.63) is 303 Å². The Bertz CT molecular complexity index is 5550. The first-order valence-electron chi connectivity index (χ1n) is 39.7. The predicted molar refractivity (Wildman–Crippen MR) is 447 cm³/mol. The Labute approximate surface area is 782 Å². The molecule has 1 unspecified atom stereocenters. The molecule has 8 aromatic carbocycles. The molecule has 1 atom stereocenters. The van der Waals surface area contributed by atoms with Crippen LogP contribution >= 0.6 is 0 Å². The third kappa shape index (κ3) is 31.6. The van der Waals surface area contributed by atoms with Gasteiger partial charge in [0.15, 0.2) is 11.6 Å². The molecule has 0 aliphatic carbocycles. The van der Waals surface area contributed by atoms with Gasteiger partial charge < -0.3 is 19.7 Å². The fourth-order valence-electron chi connectivity index (χ4n) is 12.9. The monoisotopic (exact) mass is 2580 g/mol. The first kappa shape index (κ1) is 107. The number of fused-ring (bicyclic) bond motifs is 3. The smallest absolute Gasteiger partial charge is 0.381 e. The fourth-order valence-corrected chi connectivity index (χ4v) is 12.9. The van der Waals surface area contributed by atoms with Crippen LogP contribution < -0.4 is 0 Å². The minimum atomic E-state index is -4.75. The van der Waals surface area contributed by atoms with Gasteiger partial charge in [-0.1, -0.05) is 171 Å². The van der Waals surface area contributed by atoms with Gasteiger partial charge in [-0.25, -0.2) is 8.78 Å². The van der Waals surface area contributed by atoms with E-state index in [-0.39, 0.29) is 136 Å². The van der Waals surface area contributed by atoms with Gasteiger partial charge in [-0.2, -0.15) is 31.6 Å². The van der Waals surface area contributed by atoms with E-state index in [1.807, 2.05) is 92.7 Å².